The van der Waals surface area contributed by atoms with Gasteiger partial charge in [0, 0.05) is 35.8 Å². The minimum atomic E-state index is -1.10. The average Bonchev–Trinajstić information content (AvgIpc) is 3.13. The smallest absolute Gasteiger partial charge is 0.334 e. The van der Waals surface area contributed by atoms with E-state index >= 15 is 0 Å². The van der Waals surface area contributed by atoms with E-state index in [-0.39, 0.29) is 18.5 Å². The molecule has 29 heavy (non-hydrogen) atoms. The maximum Gasteiger partial charge on any atom is 0.334 e. The first-order valence-corrected chi connectivity index (χ1v) is 10.2. The molecule has 0 amide bonds. The largest absolute Gasteiger partial charge is 0.458 e. The fraction of sp³-hybridized carbons (Fsp3) is 0.682. The number of esters is 3. The molecule has 1 N–H and O–H groups in total. The van der Waals surface area contributed by atoms with Gasteiger partial charge in [0.25, 0.3) is 0 Å². The third-order valence-corrected chi connectivity index (χ3v) is 7.85. The number of carbonyl (C=O) groups excluding carboxylic acids is 3. The molecule has 7 heteroatoms. The van der Waals surface area contributed by atoms with Crippen LogP contribution in [0.15, 0.2) is 23.3 Å². The Bertz CT molecular complexity index is 838. The van der Waals surface area contributed by atoms with E-state index in [2.05, 4.69) is 0 Å². The van der Waals surface area contributed by atoms with Crippen molar-refractivity contribution < 1.29 is 33.7 Å². The van der Waals surface area contributed by atoms with E-state index in [9.17, 15) is 19.5 Å². The molecule has 2 aliphatic heterocycles. The van der Waals surface area contributed by atoms with Gasteiger partial charge >= 0.3 is 17.9 Å². The van der Waals surface area contributed by atoms with Crippen LogP contribution < -0.4 is 0 Å². The highest BCUT2D eigenvalue weighted by Crippen LogP contribution is 2.66. The molecule has 4 aliphatic rings. The summed E-state index contributed by atoms with van der Waals surface area (Å²) in [5.41, 5.74) is -0.788. The van der Waals surface area contributed by atoms with Gasteiger partial charge in [0.15, 0.2) is 0 Å². The predicted octanol–water partition coefficient (Wildman–Crippen LogP) is 2.22. The molecule has 0 aromatic carbocycles. The highest BCUT2D eigenvalue weighted by atomic mass is 16.6. The first-order chi connectivity index (χ1) is 13.5. The number of rotatable bonds is 4. The topological polar surface area (TPSA) is 99.1 Å². The summed E-state index contributed by atoms with van der Waals surface area (Å²) in [7, 11) is 0. The van der Waals surface area contributed by atoms with Crippen molar-refractivity contribution in [1.29, 1.82) is 0 Å². The molecule has 1 saturated carbocycles. The lowest BCUT2D eigenvalue weighted by atomic mass is 9.44. The minimum Gasteiger partial charge on any atom is -0.458 e. The van der Waals surface area contributed by atoms with Gasteiger partial charge in [-0.1, -0.05) is 13.8 Å². The quantitative estimate of drug-likeness (QED) is 0.566. The molecule has 6 unspecified atom stereocenters. The summed E-state index contributed by atoms with van der Waals surface area (Å²) < 4.78 is 16.1. The van der Waals surface area contributed by atoms with Crippen LogP contribution in [0.4, 0.5) is 0 Å². The van der Waals surface area contributed by atoms with Crippen molar-refractivity contribution in [2.24, 2.45) is 16.7 Å². The van der Waals surface area contributed by atoms with Crippen LogP contribution in [-0.4, -0.2) is 47.4 Å². The summed E-state index contributed by atoms with van der Waals surface area (Å²) in [6.07, 6.45) is 4.37. The first-order valence-electron chi connectivity index (χ1n) is 10.2. The summed E-state index contributed by atoms with van der Waals surface area (Å²) >= 11 is 0. The standard InChI is InChI=1S/C22H28O7/c1-12(23)28-14-8-15-19(25)29-17-10-21(3,26)20(2,16(9-14)22(15,17)4)6-5-13-7-18(24)27-11-13/h7-8,14,16-17,26H,5-6,9-11H2,1-4H3. The third-order valence-electron chi connectivity index (χ3n) is 7.85. The third kappa shape index (κ3) is 2.93. The van der Waals surface area contributed by atoms with Crippen LogP contribution >= 0.6 is 0 Å². The number of hydrogen-bond donors (Lipinski definition) is 1. The van der Waals surface area contributed by atoms with E-state index in [1.807, 2.05) is 13.8 Å². The molecule has 2 fully saturated rings. The lowest BCUT2D eigenvalue weighted by Gasteiger charge is -2.61. The molecule has 0 bridgehead atoms. The number of cyclic esters (lactones) is 1. The second-order valence-corrected chi connectivity index (χ2v) is 9.50. The Hall–Kier alpha value is -2.15. The molecular formula is C22H28O7. The minimum absolute atomic E-state index is 0.141. The number of ether oxygens (including phenoxy) is 3. The Morgan fingerprint density at radius 1 is 1.31 bits per heavy atom. The summed E-state index contributed by atoms with van der Waals surface area (Å²) in [4.78, 5) is 35.6. The van der Waals surface area contributed by atoms with Crippen molar-refractivity contribution in [3.8, 4) is 0 Å². The van der Waals surface area contributed by atoms with Gasteiger partial charge in [0.05, 0.1) is 5.60 Å². The maximum absolute atomic E-state index is 12.6. The van der Waals surface area contributed by atoms with Crippen LogP contribution in [0.3, 0.4) is 0 Å². The number of carbonyl (C=O) groups is 3. The van der Waals surface area contributed by atoms with Crippen molar-refractivity contribution in [1.82, 2.24) is 0 Å². The Kier molecular flexibility index (Phi) is 4.46. The van der Waals surface area contributed by atoms with Crippen LogP contribution in [0.25, 0.3) is 0 Å². The maximum atomic E-state index is 12.6. The zero-order valence-electron chi connectivity index (χ0n) is 17.3. The number of aliphatic hydroxyl groups is 1. The van der Waals surface area contributed by atoms with Crippen molar-refractivity contribution in [2.75, 3.05) is 6.61 Å². The van der Waals surface area contributed by atoms with Crippen molar-refractivity contribution in [3.05, 3.63) is 23.3 Å². The molecular weight excluding hydrogens is 376 g/mol. The number of hydrogen-bond acceptors (Lipinski definition) is 7. The molecule has 2 heterocycles. The summed E-state index contributed by atoms with van der Waals surface area (Å²) in [5, 5.41) is 11.5. The van der Waals surface area contributed by atoms with Crippen LogP contribution in [0.5, 0.6) is 0 Å². The summed E-state index contributed by atoms with van der Waals surface area (Å²) in [6.45, 7) is 7.49. The monoisotopic (exact) mass is 404 g/mol. The van der Waals surface area contributed by atoms with Gasteiger partial charge in [-0.2, -0.15) is 0 Å². The zero-order chi connectivity index (χ0) is 21.2. The van der Waals surface area contributed by atoms with E-state index in [0.29, 0.717) is 31.3 Å². The molecule has 2 aliphatic carbocycles. The highest BCUT2D eigenvalue weighted by Gasteiger charge is 2.69. The van der Waals surface area contributed by atoms with Gasteiger partial charge in [0.1, 0.15) is 18.8 Å². The molecule has 158 valence electrons. The van der Waals surface area contributed by atoms with Gasteiger partial charge in [-0.05, 0) is 43.8 Å². The van der Waals surface area contributed by atoms with E-state index in [1.165, 1.54) is 13.0 Å². The second kappa shape index (κ2) is 6.42. The highest BCUT2D eigenvalue weighted by molar-refractivity contribution is 5.93. The van der Waals surface area contributed by atoms with Crippen molar-refractivity contribution >= 4 is 17.9 Å². The van der Waals surface area contributed by atoms with Crippen LogP contribution in [-0.2, 0) is 28.6 Å². The van der Waals surface area contributed by atoms with Crippen molar-refractivity contribution in [3.63, 3.8) is 0 Å². The van der Waals surface area contributed by atoms with Gasteiger partial charge in [-0.15, -0.1) is 0 Å². The normalized spacial score (nSPS) is 43.1. The van der Waals surface area contributed by atoms with E-state index in [1.54, 1.807) is 13.0 Å². The predicted molar refractivity (Wildman–Crippen MR) is 101 cm³/mol. The molecule has 1 saturated heterocycles. The van der Waals surface area contributed by atoms with Gasteiger partial charge < -0.3 is 19.3 Å². The SMILES string of the molecule is CC(=O)OC1C=C2C(=O)OC3CC(C)(O)C(C)(CCC4=CC(=O)OC4)C(C1)C23C. The van der Waals surface area contributed by atoms with E-state index in [4.69, 9.17) is 14.2 Å². The lowest BCUT2D eigenvalue weighted by Crippen LogP contribution is -2.63. The second-order valence-electron chi connectivity index (χ2n) is 9.50. The van der Waals surface area contributed by atoms with Gasteiger partial charge in [0.2, 0.25) is 0 Å². The molecule has 0 aromatic heterocycles. The van der Waals surface area contributed by atoms with Gasteiger partial charge in [-0.25, -0.2) is 9.59 Å². The summed E-state index contributed by atoms with van der Waals surface area (Å²) in [6, 6.07) is 0. The molecule has 0 spiro atoms. The molecule has 6 atom stereocenters. The molecule has 0 radical (unpaired) electrons. The van der Waals surface area contributed by atoms with Crippen LogP contribution in [0.1, 0.15) is 53.4 Å². The Balaban J connectivity index is 1.72. The van der Waals surface area contributed by atoms with Gasteiger partial charge in [-0.3, -0.25) is 4.79 Å². The van der Waals surface area contributed by atoms with Crippen LogP contribution in [0.2, 0.25) is 0 Å². The fourth-order valence-corrected chi connectivity index (χ4v) is 5.96. The zero-order valence-corrected chi connectivity index (χ0v) is 17.3. The Morgan fingerprint density at radius 3 is 2.66 bits per heavy atom. The van der Waals surface area contributed by atoms with Crippen molar-refractivity contribution in [2.45, 2.75) is 71.2 Å². The van der Waals surface area contributed by atoms with Crippen LogP contribution in [0, 0.1) is 16.7 Å². The Labute approximate surface area is 170 Å². The molecule has 0 aromatic rings. The lowest BCUT2D eigenvalue weighted by molar-refractivity contribution is -0.206. The average molecular weight is 404 g/mol. The van der Waals surface area contributed by atoms with E-state index in [0.717, 1.165) is 5.57 Å². The molecule has 4 rings (SSSR count). The fourth-order valence-electron chi connectivity index (χ4n) is 5.96. The first kappa shape index (κ1) is 20.1. The van der Waals surface area contributed by atoms with E-state index < -0.39 is 40.6 Å². The Morgan fingerprint density at radius 2 is 2.03 bits per heavy atom. The molecule has 7 nitrogen and oxygen atoms in total. The summed E-state index contributed by atoms with van der Waals surface area (Å²) in [5.74, 6) is -1.27.